The molecule has 5 nitrogen and oxygen atoms in total. The van der Waals surface area contributed by atoms with Gasteiger partial charge in [-0.25, -0.2) is 10.2 Å². The molecule has 0 fully saturated rings. The van der Waals surface area contributed by atoms with Crippen LogP contribution in [-0.2, 0) is 4.74 Å². The minimum atomic E-state index is -0.658. The van der Waals surface area contributed by atoms with E-state index in [1.807, 2.05) is 13.8 Å². The Morgan fingerprint density at radius 1 is 1.62 bits per heavy atom. The third-order valence-corrected chi connectivity index (χ3v) is 1.59. The highest BCUT2D eigenvalue weighted by Gasteiger charge is 2.17. The van der Waals surface area contributed by atoms with E-state index < -0.39 is 6.03 Å². The zero-order valence-electron chi connectivity index (χ0n) is 8.55. The van der Waals surface area contributed by atoms with Gasteiger partial charge < -0.3 is 10.5 Å². The molecular formula is C8H17N3O2. The number of carbonyl (C=O) groups excluding carboxylic acids is 1. The summed E-state index contributed by atoms with van der Waals surface area (Å²) in [6.07, 6.45) is 0.643. The lowest BCUT2D eigenvalue weighted by atomic mass is 10.0. The van der Waals surface area contributed by atoms with E-state index in [1.165, 1.54) is 0 Å². The van der Waals surface area contributed by atoms with Gasteiger partial charge in [-0.2, -0.15) is 5.10 Å². The number of nitrogens with one attached hydrogen (secondary N) is 1. The average Bonchev–Trinajstić information content (AvgIpc) is 2.00. The van der Waals surface area contributed by atoms with Crippen molar-refractivity contribution >= 4 is 11.7 Å². The Kier molecular flexibility index (Phi) is 4.40. The number of hydrogen-bond donors (Lipinski definition) is 2. The Morgan fingerprint density at radius 3 is 2.54 bits per heavy atom. The van der Waals surface area contributed by atoms with E-state index in [2.05, 4.69) is 10.5 Å². The number of rotatable bonds is 4. The van der Waals surface area contributed by atoms with Gasteiger partial charge in [0.15, 0.2) is 0 Å². The van der Waals surface area contributed by atoms with Crippen molar-refractivity contribution in [2.75, 3.05) is 7.11 Å². The maximum atomic E-state index is 10.3. The Bertz CT molecular complexity index is 211. The van der Waals surface area contributed by atoms with Gasteiger partial charge in [-0.05, 0) is 20.8 Å². The molecule has 0 atom stereocenters. The molecule has 0 spiro atoms. The van der Waals surface area contributed by atoms with Crippen LogP contribution >= 0.6 is 0 Å². The molecule has 0 aromatic heterocycles. The van der Waals surface area contributed by atoms with Crippen molar-refractivity contribution in [3.63, 3.8) is 0 Å². The highest BCUT2D eigenvalue weighted by atomic mass is 16.5. The van der Waals surface area contributed by atoms with Crippen LogP contribution in [0, 0.1) is 0 Å². The van der Waals surface area contributed by atoms with Crippen molar-refractivity contribution in [1.82, 2.24) is 5.43 Å². The first-order valence-electron chi connectivity index (χ1n) is 4.01. The second-order valence-electron chi connectivity index (χ2n) is 3.46. The molecule has 0 aromatic carbocycles. The van der Waals surface area contributed by atoms with Crippen LogP contribution in [0.25, 0.3) is 0 Å². The summed E-state index contributed by atoms with van der Waals surface area (Å²) in [7, 11) is 1.63. The quantitative estimate of drug-likeness (QED) is 0.505. The fraction of sp³-hybridized carbons (Fsp3) is 0.750. The van der Waals surface area contributed by atoms with E-state index in [0.29, 0.717) is 6.42 Å². The van der Waals surface area contributed by atoms with Crippen LogP contribution in [0.1, 0.15) is 27.2 Å². The van der Waals surface area contributed by atoms with Gasteiger partial charge in [0, 0.05) is 19.2 Å². The number of urea groups is 1. The van der Waals surface area contributed by atoms with Gasteiger partial charge in [-0.3, -0.25) is 0 Å². The summed E-state index contributed by atoms with van der Waals surface area (Å²) in [6.45, 7) is 5.68. The first-order valence-corrected chi connectivity index (χ1v) is 4.01. The van der Waals surface area contributed by atoms with Crippen molar-refractivity contribution in [3.8, 4) is 0 Å². The maximum absolute atomic E-state index is 10.3. The second kappa shape index (κ2) is 4.81. The Morgan fingerprint density at radius 2 is 2.15 bits per heavy atom. The smallest absolute Gasteiger partial charge is 0.332 e. The first kappa shape index (κ1) is 11.9. The third-order valence-electron chi connectivity index (χ3n) is 1.59. The van der Waals surface area contributed by atoms with Crippen LogP contribution in [0.2, 0.25) is 0 Å². The van der Waals surface area contributed by atoms with E-state index in [-0.39, 0.29) is 5.60 Å². The molecule has 0 aliphatic rings. The molecule has 0 saturated heterocycles. The van der Waals surface area contributed by atoms with Crippen molar-refractivity contribution in [2.45, 2.75) is 32.8 Å². The fourth-order valence-corrected chi connectivity index (χ4v) is 0.878. The molecule has 0 saturated carbocycles. The second-order valence-corrected chi connectivity index (χ2v) is 3.46. The van der Waals surface area contributed by atoms with Crippen LogP contribution in [-0.4, -0.2) is 24.5 Å². The van der Waals surface area contributed by atoms with Crippen LogP contribution in [0.5, 0.6) is 0 Å². The van der Waals surface area contributed by atoms with Gasteiger partial charge in [-0.1, -0.05) is 0 Å². The van der Waals surface area contributed by atoms with Gasteiger partial charge >= 0.3 is 6.03 Å². The Hall–Kier alpha value is -1.10. The van der Waals surface area contributed by atoms with E-state index >= 15 is 0 Å². The summed E-state index contributed by atoms with van der Waals surface area (Å²) in [5.74, 6) is 0. The molecule has 0 unspecified atom stereocenters. The fourth-order valence-electron chi connectivity index (χ4n) is 0.878. The number of hydrazone groups is 1. The molecule has 13 heavy (non-hydrogen) atoms. The minimum Gasteiger partial charge on any atom is -0.378 e. The number of methoxy groups -OCH3 is 1. The maximum Gasteiger partial charge on any atom is 0.332 e. The molecule has 0 rings (SSSR count). The molecule has 5 heteroatoms. The molecule has 3 N–H and O–H groups in total. The van der Waals surface area contributed by atoms with Crippen molar-refractivity contribution < 1.29 is 9.53 Å². The van der Waals surface area contributed by atoms with E-state index in [0.717, 1.165) is 5.71 Å². The summed E-state index contributed by atoms with van der Waals surface area (Å²) >= 11 is 0. The zero-order chi connectivity index (χ0) is 10.5. The van der Waals surface area contributed by atoms with Gasteiger partial charge in [0.1, 0.15) is 0 Å². The SMILES string of the molecule is COC(C)(C)CC(C)=NNC(N)=O. The minimum absolute atomic E-state index is 0.271. The lowest BCUT2D eigenvalue weighted by molar-refractivity contribution is 0.0291. The molecule has 0 aromatic rings. The predicted molar refractivity (Wildman–Crippen MR) is 51.5 cm³/mol. The van der Waals surface area contributed by atoms with Gasteiger partial charge in [0.25, 0.3) is 0 Å². The average molecular weight is 187 g/mol. The summed E-state index contributed by atoms with van der Waals surface area (Å²) < 4.78 is 5.19. The number of amides is 2. The molecule has 0 aliphatic carbocycles. The topological polar surface area (TPSA) is 76.7 Å². The third kappa shape index (κ3) is 6.10. The van der Waals surface area contributed by atoms with Crippen molar-refractivity contribution in [2.24, 2.45) is 10.8 Å². The summed E-state index contributed by atoms with van der Waals surface area (Å²) in [4.78, 5) is 10.3. The Balaban J connectivity index is 4.06. The number of carbonyl (C=O) groups is 1. The summed E-state index contributed by atoms with van der Waals surface area (Å²) in [5, 5.41) is 3.77. The predicted octanol–water partition coefficient (Wildman–Crippen LogP) is 0.846. The van der Waals surface area contributed by atoms with Gasteiger partial charge in [0.2, 0.25) is 0 Å². The highest BCUT2D eigenvalue weighted by Crippen LogP contribution is 2.13. The number of nitrogens with zero attached hydrogens (tertiary/aromatic N) is 1. The van der Waals surface area contributed by atoms with E-state index in [9.17, 15) is 4.79 Å². The van der Waals surface area contributed by atoms with E-state index in [4.69, 9.17) is 10.5 Å². The molecule has 0 heterocycles. The molecule has 76 valence electrons. The largest absolute Gasteiger partial charge is 0.378 e. The summed E-state index contributed by atoms with van der Waals surface area (Å²) in [5.41, 5.74) is 7.51. The lowest BCUT2D eigenvalue weighted by Gasteiger charge is -2.22. The highest BCUT2D eigenvalue weighted by molar-refractivity contribution is 5.84. The van der Waals surface area contributed by atoms with Crippen LogP contribution < -0.4 is 11.2 Å². The summed E-state index contributed by atoms with van der Waals surface area (Å²) in [6, 6.07) is -0.658. The Labute approximate surface area is 78.3 Å². The lowest BCUT2D eigenvalue weighted by Crippen LogP contribution is -2.29. The normalized spacial score (nSPS) is 12.8. The monoisotopic (exact) mass is 187 g/mol. The van der Waals surface area contributed by atoms with Crippen LogP contribution in [0.3, 0.4) is 0 Å². The van der Waals surface area contributed by atoms with Gasteiger partial charge in [0.05, 0.1) is 5.60 Å². The van der Waals surface area contributed by atoms with Crippen molar-refractivity contribution in [1.29, 1.82) is 0 Å². The molecule has 0 radical (unpaired) electrons. The molecule has 0 aliphatic heterocycles. The van der Waals surface area contributed by atoms with Crippen molar-refractivity contribution in [3.05, 3.63) is 0 Å². The van der Waals surface area contributed by atoms with Crippen LogP contribution in [0.4, 0.5) is 4.79 Å². The standard InChI is InChI=1S/C8H17N3O2/c1-6(10-11-7(9)12)5-8(2,3)13-4/h5H2,1-4H3,(H3,9,11,12). The number of nitrogens with two attached hydrogens (primary N) is 1. The molecule has 2 amide bonds. The zero-order valence-corrected chi connectivity index (χ0v) is 8.55. The molecule has 0 bridgehead atoms. The first-order chi connectivity index (χ1) is 5.87. The molecular weight excluding hydrogens is 170 g/mol. The van der Waals surface area contributed by atoms with Crippen LogP contribution in [0.15, 0.2) is 5.10 Å². The number of primary amides is 1. The van der Waals surface area contributed by atoms with E-state index in [1.54, 1.807) is 14.0 Å². The number of hydrogen-bond acceptors (Lipinski definition) is 3. The van der Waals surface area contributed by atoms with Gasteiger partial charge in [-0.15, -0.1) is 0 Å². The number of ether oxygens (including phenoxy) is 1.